The van der Waals surface area contributed by atoms with Gasteiger partial charge in [-0.2, -0.15) is 0 Å². The van der Waals surface area contributed by atoms with Gasteiger partial charge in [-0.1, -0.05) is 69.3 Å². The number of aliphatic hydroxyl groups is 1. The van der Waals surface area contributed by atoms with Gasteiger partial charge in [0, 0.05) is 5.69 Å². The Hall–Kier alpha value is -3.59. The Morgan fingerprint density at radius 1 is 1.11 bits per heavy atom. The third-order valence-electron chi connectivity index (χ3n) is 9.58. The molecule has 5 rings (SSSR count). The van der Waals surface area contributed by atoms with Gasteiger partial charge in [-0.15, -0.1) is 0 Å². The zero-order chi connectivity index (χ0) is 32.9. The lowest BCUT2D eigenvalue weighted by molar-refractivity contribution is -0.218. The first-order valence-electron chi connectivity index (χ1n) is 16.3. The standard InChI is InChI=1S/C38H46FNO6/c1-5-37(3,4)23-45-34(42)22-46-38(24-44-25-38)20-19-27-11-16-31(26(2)21-27)35-32(36(43)40(35)30-9-7-6-8-10-30)17-18-33(41)28-12-14-29(39)15-13-28/h6-16,21,32-33,35,41H,5,17-20,22-25H2,1-4H3. The van der Waals surface area contributed by atoms with Gasteiger partial charge in [-0.05, 0) is 91.0 Å². The number of hydrogen-bond acceptors (Lipinski definition) is 6. The molecule has 0 aliphatic carbocycles. The van der Waals surface area contributed by atoms with Crippen molar-refractivity contribution in [1.29, 1.82) is 0 Å². The van der Waals surface area contributed by atoms with Crippen LogP contribution < -0.4 is 4.90 Å². The number of carbonyl (C=O) groups excluding carboxylic acids is 2. The van der Waals surface area contributed by atoms with E-state index in [2.05, 4.69) is 45.9 Å². The summed E-state index contributed by atoms with van der Waals surface area (Å²) in [5, 5.41) is 10.8. The number of ether oxygens (including phenoxy) is 3. The average Bonchev–Trinajstić information content (AvgIpc) is 3.03. The molecule has 3 aromatic carbocycles. The summed E-state index contributed by atoms with van der Waals surface area (Å²) in [5.41, 5.74) is 4.22. The molecule has 2 heterocycles. The molecule has 0 bridgehead atoms. The molecule has 1 N–H and O–H groups in total. The van der Waals surface area contributed by atoms with Gasteiger partial charge >= 0.3 is 5.97 Å². The van der Waals surface area contributed by atoms with Crippen LogP contribution in [0.1, 0.15) is 80.9 Å². The van der Waals surface area contributed by atoms with Crippen molar-refractivity contribution in [3.05, 3.63) is 101 Å². The first-order valence-corrected chi connectivity index (χ1v) is 16.3. The summed E-state index contributed by atoms with van der Waals surface area (Å²) in [4.78, 5) is 27.7. The molecule has 246 valence electrons. The van der Waals surface area contributed by atoms with Crippen molar-refractivity contribution in [1.82, 2.24) is 0 Å². The van der Waals surface area contributed by atoms with E-state index in [0.29, 0.717) is 44.6 Å². The van der Waals surface area contributed by atoms with Crippen LogP contribution in [0.4, 0.5) is 10.1 Å². The second-order valence-corrected chi connectivity index (χ2v) is 13.6. The highest BCUT2D eigenvalue weighted by molar-refractivity contribution is 6.03. The molecule has 2 fully saturated rings. The Kier molecular flexibility index (Phi) is 10.6. The summed E-state index contributed by atoms with van der Waals surface area (Å²) in [7, 11) is 0. The van der Waals surface area contributed by atoms with E-state index in [-0.39, 0.29) is 41.7 Å². The molecule has 2 saturated heterocycles. The number of para-hydroxylation sites is 1. The number of β-lactam (4-membered cyclic amide) rings is 1. The Labute approximate surface area is 271 Å². The third-order valence-corrected chi connectivity index (χ3v) is 9.58. The summed E-state index contributed by atoms with van der Waals surface area (Å²) in [6.07, 6.45) is 2.50. The highest BCUT2D eigenvalue weighted by atomic mass is 19.1. The average molecular weight is 632 g/mol. The number of amides is 1. The quantitative estimate of drug-likeness (QED) is 0.143. The molecule has 0 saturated carbocycles. The second kappa shape index (κ2) is 14.4. The van der Waals surface area contributed by atoms with E-state index in [1.165, 1.54) is 12.1 Å². The van der Waals surface area contributed by atoms with Crippen molar-refractivity contribution >= 4 is 17.6 Å². The van der Waals surface area contributed by atoms with Crippen molar-refractivity contribution in [2.24, 2.45) is 11.3 Å². The minimum absolute atomic E-state index is 0.0341. The van der Waals surface area contributed by atoms with Gasteiger partial charge in [0.15, 0.2) is 0 Å². The van der Waals surface area contributed by atoms with Crippen molar-refractivity contribution in [3.8, 4) is 0 Å². The van der Waals surface area contributed by atoms with E-state index in [1.807, 2.05) is 35.2 Å². The van der Waals surface area contributed by atoms with E-state index in [4.69, 9.17) is 14.2 Å². The van der Waals surface area contributed by atoms with Crippen molar-refractivity contribution in [2.45, 2.75) is 77.5 Å². The SMILES string of the molecule is CCC(C)(C)COC(=O)COC1(CCc2ccc(C3C(CCC(O)c4ccc(F)cc4)C(=O)N3c3ccccc3)c(C)c2)COC1. The van der Waals surface area contributed by atoms with Gasteiger partial charge in [0.2, 0.25) is 5.91 Å². The van der Waals surface area contributed by atoms with Crippen molar-refractivity contribution < 1.29 is 33.3 Å². The number of nitrogens with zero attached hydrogens (tertiary/aromatic N) is 1. The monoisotopic (exact) mass is 631 g/mol. The van der Waals surface area contributed by atoms with Crippen LogP contribution in [0.25, 0.3) is 0 Å². The number of aliphatic hydroxyl groups excluding tert-OH is 1. The zero-order valence-electron chi connectivity index (χ0n) is 27.3. The zero-order valence-corrected chi connectivity index (χ0v) is 27.3. The number of carbonyl (C=O) groups is 2. The van der Waals surface area contributed by atoms with Gasteiger partial charge in [-0.25, -0.2) is 9.18 Å². The Balaban J connectivity index is 1.24. The molecule has 8 heteroatoms. The van der Waals surface area contributed by atoms with Crippen LogP contribution in [0.15, 0.2) is 72.8 Å². The van der Waals surface area contributed by atoms with E-state index >= 15 is 0 Å². The van der Waals surface area contributed by atoms with Crippen LogP contribution >= 0.6 is 0 Å². The summed E-state index contributed by atoms with van der Waals surface area (Å²) in [6.45, 7) is 9.44. The molecule has 3 atom stereocenters. The molecule has 2 aliphatic heterocycles. The van der Waals surface area contributed by atoms with Crippen LogP contribution in [-0.2, 0) is 30.2 Å². The second-order valence-electron chi connectivity index (χ2n) is 13.6. The van der Waals surface area contributed by atoms with Crippen LogP contribution in [0.5, 0.6) is 0 Å². The molecular weight excluding hydrogens is 585 g/mol. The minimum atomic E-state index is -0.779. The lowest BCUT2D eigenvalue weighted by atomic mass is 9.76. The number of aryl methyl sites for hydroxylation is 2. The van der Waals surface area contributed by atoms with Crippen LogP contribution in [-0.4, -0.2) is 49.0 Å². The van der Waals surface area contributed by atoms with E-state index < -0.39 is 11.7 Å². The van der Waals surface area contributed by atoms with E-state index in [1.54, 1.807) is 12.1 Å². The molecule has 0 spiro atoms. The number of anilines is 1. The van der Waals surface area contributed by atoms with E-state index in [9.17, 15) is 19.1 Å². The smallest absolute Gasteiger partial charge is 0.332 e. The topological polar surface area (TPSA) is 85.3 Å². The molecule has 0 radical (unpaired) electrons. The molecule has 0 aromatic heterocycles. The van der Waals surface area contributed by atoms with Crippen LogP contribution in [0, 0.1) is 24.1 Å². The Bertz CT molecular complexity index is 1490. The Morgan fingerprint density at radius 3 is 2.46 bits per heavy atom. The largest absolute Gasteiger partial charge is 0.463 e. The molecule has 3 aromatic rings. The molecule has 2 aliphatic rings. The van der Waals surface area contributed by atoms with Gasteiger partial charge in [0.25, 0.3) is 0 Å². The summed E-state index contributed by atoms with van der Waals surface area (Å²) >= 11 is 0. The predicted octanol–water partition coefficient (Wildman–Crippen LogP) is 7.05. The predicted molar refractivity (Wildman–Crippen MR) is 175 cm³/mol. The fourth-order valence-corrected chi connectivity index (χ4v) is 6.11. The lowest BCUT2D eigenvalue weighted by Crippen LogP contribution is -2.55. The van der Waals surface area contributed by atoms with Gasteiger partial charge in [-0.3, -0.25) is 4.79 Å². The molecular formula is C38H46FNO6. The maximum atomic E-state index is 13.5. The van der Waals surface area contributed by atoms with Crippen molar-refractivity contribution in [3.63, 3.8) is 0 Å². The van der Waals surface area contributed by atoms with Gasteiger partial charge in [0.05, 0.1) is 37.9 Å². The summed E-state index contributed by atoms with van der Waals surface area (Å²) in [6, 6.07) is 21.7. The number of esters is 1. The summed E-state index contributed by atoms with van der Waals surface area (Å²) in [5.74, 6) is -0.957. The van der Waals surface area contributed by atoms with Gasteiger partial charge < -0.3 is 24.2 Å². The molecule has 3 unspecified atom stereocenters. The summed E-state index contributed by atoms with van der Waals surface area (Å²) < 4.78 is 30.4. The normalized spacial score (nSPS) is 19.7. The highest BCUT2D eigenvalue weighted by Crippen LogP contribution is 2.47. The van der Waals surface area contributed by atoms with Crippen LogP contribution in [0.3, 0.4) is 0 Å². The maximum Gasteiger partial charge on any atom is 0.332 e. The molecule has 46 heavy (non-hydrogen) atoms. The fourth-order valence-electron chi connectivity index (χ4n) is 6.11. The number of halogens is 1. The number of rotatable bonds is 15. The lowest BCUT2D eigenvalue weighted by Gasteiger charge is -2.48. The van der Waals surface area contributed by atoms with Gasteiger partial charge in [0.1, 0.15) is 18.0 Å². The number of benzene rings is 3. The van der Waals surface area contributed by atoms with Crippen LogP contribution in [0.2, 0.25) is 0 Å². The number of hydrogen-bond donors (Lipinski definition) is 1. The maximum absolute atomic E-state index is 13.5. The minimum Gasteiger partial charge on any atom is -0.463 e. The first-order chi connectivity index (χ1) is 22.0. The fraction of sp³-hybridized carbons (Fsp3) is 0.474. The third kappa shape index (κ3) is 7.85. The first kappa shape index (κ1) is 33.8. The van der Waals surface area contributed by atoms with E-state index in [0.717, 1.165) is 35.2 Å². The highest BCUT2D eigenvalue weighted by Gasteiger charge is 2.49. The van der Waals surface area contributed by atoms with Crippen molar-refractivity contribution in [2.75, 3.05) is 31.3 Å². The Morgan fingerprint density at radius 2 is 1.83 bits per heavy atom. The molecule has 1 amide bonds. The molecule has 7 nitrogen and oxygen atoms in total.